The molecular weight excluding hydrogens is 340 g/mol. The molecule has 0 amide bonds. The second-order valence-corrected chi connectivity index (χ2v) is 6.87. The highest BCUT2D eigenvalue weighted by Crippen LogP contribution is 2.17. The predicted molar refractivity (Wildman–Crippen MR) is 95.0 cm³/mol. The summed E-state index contributed by atoms with van der Waals surface area (Å²) in [6, 6.07) is 13.3. The lowest BCUT2D eigenvalue weighted by Gasteiger charge is -2.13. The number of esters is 1. The van der Waals surface area contributed by atoms with Gasteiger partial charge in [-0.05, 0) is 43.3 Å². The van der Waals surface area contributed by atoms with Crippen LogP contribution in [0, 0.1) is 0 Å². The Hall–Kier alpha value is -2.80. The molecule has 1 N–H and O–H groups in total. The SMILES string of the molecule is CC(OC(=O)c1ccc(S(C)=O)cc1)c1nc2ccccc2c(=O)[nH]1. The summed E-state index contributed by atoms with van der Waals surface area (Å²) in [6.45, 7) is 1.64. The van der Waals surface area contributed by atoms with Crippen LogP contribution in [0.4, 0.5) is 0 Å². The van der Waals surface area contributed by atoms with Gasteiger partial charge in [-0.25, -0.2) is 9.78 Å². The number of nitrogens with one attached hydrogen (secondary N) is 1. The molecule has 0 saturated carbocycles. The van der Waals surface area contributed by atoms with Gasteiger partial charge in [0.1, 0.15) is 0 Å². The van der Waals surface area contributed by atoms with Crippen molar-refractivity contribution in [1.82, 2.24) is 9.97 Å². The number of para-hydroxylation sites is 1. The Kier molecular flexibility index (Phi) is 4.76. The van der Waals surface area contributed by atoms with Crippen LogP contribution >= 0.6 is 0 Å². The molecule has 0 saturated heterocycles. The molecule has 3 rings (SSSR count). The first-order valence-corrected chi connectivity index (χ1v) is 9.15. The molecule has 0 bridgehead atoms. The van der Waals surface area contributed by atoms with Gasteiger partial charge in [-0.2, -0.15) is 0 Å². The maximum Gasteiger partial charge on any atom is 0.338 e. The van der Waals surface area contributed by atoms with Gasteiger partial charge < -0.3 is 9.72 Å². The Morgan fingerprint density at radius 3 is 2.52 bits per heavy atom. The Bertz CT molecular complexity index is 1010. The van der Waals surface area contributed by atoms with Crippen LogP contribution in [0.2, 0.25) is 0 Å². The molecule has 3 aromatic rings. The summed E-state index contributed by atoms with van der Waals surface area (Å²) in [7, 11) is -1.11. The molecule has 2 atom stereocenters. The van der Waals surface area contributed by atoms with Crippen molar-refractivity contribution in [2.45, 2.75) is 17.9 Å². The maximum atomic E-state index is 12.2. The lowest BCUT2D eigenvalue weighted by molar-refractivity contribution is 0.0320. The topological polar surface area (TPSA) is 89.1 Å². The standard InChI is InChI=1S/C18H16N2O4S/c1-11(16-19-15-6-4-3-5-14(15)17(21)20-16)24-18(22)12-7-9-13(10-8-12)25(2)23/h3-11H,1-2H3,(H,19,20,21). The van der Waals surface area contributed by atoms with Gasteiger partial charge in [0.15, 0.2) is 11.9 Å². The number of fused-ring (bicyclic) bond motifs is 1. The Morgan fingerprint density at radius 1 is 1.16 bits per heavy atom. The van der Waals surface area contributed by atoms with Gasteiger partial charge in [0.2, 0.25) is 0 Å². The van der Waals surface area contributed by atoms with E-state index in [1.165, 1.54) is 0 Å². The van der Waals surface area contributed by atoms with E-state index in [0.29, 0.717) is 21.4 Å². The summed E-state index contributed by atoms with van der Waals surface area (Å²) in [6.07, 6.45) is 0.849. The number of H-pyrrole nitrogens is 1. The summed E-state index contributed by atoms with van der Waals surface area (Å²) < 4.78 is 16.8. The second kappa shape index (κ2) is 6.98. The fraction of sp³-hybridized carbons (Fsp3) is 0.167. The van der Waals surface area contributed by atoms with Crippen molar-refractivity contribution in [3.05, 3.63) is 70.3 Å². The maximum absolute atomic E-state index is 12.2. The predicted octanol–water partition coefficient (Wildman–Crippen LogP) is 2.58. The van der Waals surface area contributed by atoms with Crippen LogP contribution in [-0.4, -0.2) is 26.4 Å². The molecule has 25 heavy (non-hydrogen) atoms. The van der Waals surface area contributed by atoms with Crippen LogP contribution in [0.3, 0.4) is 0 Å². The fourth-order valence-electron chi connectivity index (χ4n) is 2.36. The normalized spacial score (nSPS) is 13.4. The van der Waals surface area contributed by atoms with Crippen molar-refractivity contribution in [3.63, 3.8) is 0 Å². The smallest absolute Gasteiger partial charge is 0.338 e. The van der Waals surface area contributed by atoms with Crippen LogP contribution in [0.15, 0.2) is 58.2 Å². The average molecular weight is 356 g/mol. The highest BCUT2D eigenvalue weighted by atomic mass is 32.2. The second-order valence-electron chi connectivity index (χ2n) is 5.49. The van der Waals surface area contributed by atoms with Gasteiger partial charge >= 0.3 is 5.97 Å². The van der Waals surface area contributed by atoms with E-state index in [-0.39, 0.29) is 11.4 Å². The number of ether oxygens (including phenoxy) is 1. The highest BCUT2D eigenvalue weighted by molar-refractivity contribution is 7.84. The first kappa shape index (κ1) is 17.0. The van der Waals surface area contributed by atoms with Crippen LogP contribution in [0.1, 0.15) is 29.2 Å². The lowest BCUT2D eigenvalue weighted by Crippen LogP contribution is -2.17. The molecule has 0 aliphatic rings. The van der Waals surface area contributed by atoms with Gasteiger partial charge in [0.05, 0.1) is 16.5 Å². The molecule has 6 nitrogen and oxygen atoms in total. The van der Waals surface area contributed by atoms with E-state index >= 15 is 0 Å². The van der Waals surface area contributed by atoms with E-state index < -0.39 is 22.9 Å². The molecule has 0 aliphatic carbocycles. The fourth-order valence-corrected chi connectivity index (χ4v) is 2.88. The van der Waals surface area contributed by atoms with Gasteiger partial charge in [0, 0.05) is 22.0 Å². The van der Waals surface area contributed by atoms with E-state index in [1.54, 1.807) is 61.7 Å². The zero-order valence-electron chi connectivity index (χ0n) is 13.7. The van der Waals surface area contributed by atoms with Crippen molar-refractivity contribution in [3.8, 4) is 0 Å². The zero-order valence-corrected chi connectivity index (χ0v) is 14.5. The van der Waals surface area contributed by atoms with Gasteiger partial charge in [0.25, 0.3) is 5.56 Å². The third-order valence-electron chi connectivity index (χ3n) is 3.72. The van der Waals surface area contributed by atoms with Crippen LogP contribution in [0.5, 0.6) is 0 Å². The molecule has 0 fully saturated rings. The van der Waals surface area contributed by atoms with Gasteiger partial charge in [-0.1, -0.05) is 12.1 Å². The summed E-state index contributed by atoms with van der Waals surface area (Å²) in [5.41, 5.74) is 0.599. The molecule has 2 aromatic carbocycles. The lowest BCUT2D eigenvalue weighted by atomic mass is 10.2. The average Bonchev–Trinajstić information content (AvgIpc) is 2.61. The molecule has 0 radical (unpaired) electrons. The Labute approximate surface area is 146 Å². The minimum absolute atomic E-state index is 0.279. The minimum Gasteiger partial charge on any atom is -0.451 e. The number of hydrogen-bond acceptors (Lipinski definition) is 5. The van der Waals surface area contributed by atoms with Crippen LogP contribution in [0.25, 0.3) is 10.9 Å². The van der Waals surface area contributed by atoms with Crippen LogP contribution < -0.4 is 5.56 Å². The number of aromatic nitrogens is 2. The van der Waals surface area contributed by atoms with E-state index in [9.17, 15) is 13.8 Å². The number of nitrogens with zero attached hydrogens (tertiary/aromatic N) is 1. The number of rotatable bonds is 4. The molecule has 0 aliphatic heterocycles. The van der Waals surface area contributed by atoms with Crippen molar-refractivity contribution in [2.24, 2.45) is 0 Å². The van der Waals surface area contributed by atoms with E-state index in [4.69, 9.17) is 4.74 Å². The summed E-state index contributed by atoms with van der Waals surface area (Å²) >= 11 is 0. The van der Waals surface area contributed by atoms with Crippen LogP contribution in [-0.2, 0) is 15.5 Å². The molecule has 0 spiro atoms. The first-order chi connectivity index (χ1) is 12.0. The number of carbonyl (C=O) groups excluding carboxylic acids is 1. The molecular formula is C18H16N2O4S. The largest absolute Gasteiger partial charge is 0.451 e. The number of carbonyl (C=O) groups is 1. The molecule has 1 heterocycles. The summed E-state index contributed by atoms with van der Waals surface area (Å²) in [4.78, 5) is 32.0. The van der Waals surface area contributed by atoms with E-state index in [1.807, 2.05) is 0 Å². The van der Waals surface area contributed by atoms with E-state index in [0.717, 1.165) is 0 Å². The summed E-state index contributed by atoms with van der Waals surface area (Å²) in [5, 5.41) is 0.480. The molecule has 7 heteroatoms. The minimum atomic E-state index is -1.11. The third-order valence-corrected chi connectivity index (χ3v) is 4.66. The number of hydrogen-bond donors (Lipinski definition) is 1. The molecule has 128 valence electrons. The monoisotopic (exact) mass is 356 g/mol. The van der Waals surface area contributed by atoms with Gasteiger partial charge in [-0.3, -0.25) is 9.00 Å². The van der Waals surface area contributed by atoms with E-state index in [2.05, 4.69) is 9.97 Å². The van der Waals surface area contributed by atoms with Crippen molar-refractivity contribution < 1.29 is 13.7 Å². The third kappa shape index (κ3) is 3.66. The Balaban J connectivity index is 1.81. The highest BCUT2D eigenvalue weighted by Gasteiger charge is 2.17. The zero-order chi connectivity index (χ0) is 18.0. The summed E-state index contributed by atoms with van der Waals surface area (Å²) in [5.74, 6) is -0.264. The Morgan fingerprint density at radius 2 is 1.84 bits per heavy atom. The van der Waals surface area contributed by atoms with Gasteiger partial charge in [-0.15, -0.1) is 0 Å². The van der Waals surface area contributed by atoms with Crippen molar-refractivity contribution in [1.29, 1.82) is 0 Å². The molecule has 1 aromatic heterocycles. The quantitative estimate of drug-likeness (QED) is 0.726. The first-order valence-electron chi connectivity index (χ1n) is 7.59. The van der Waals surface area contributed by atoms with Crippen molar-refractivity contribution in [2.75, 3.05) is 6.26 Å². The number of aromatic amines is 1. The molecule has 2 unspecified atom stereocenters. The number of benzene rings is 2. The van der Waals surface area contributed by atoms with Crippen molar-refractivity contribution >= 4 is 27.7 Å².